The smallest absolute Gasteiger partial charge is 0.229 e. The molecule has 3 N–H and O–H groups in total. The van der Waals surface area contributed by atoms with Gasteiger partial charge in [-0.15, -0.1) is 0 Å². The second-order valence-electron chi connectivity index (χ2n) is 7.45. The van der Waals surface area contributed by atoms with E-state index in [4.69, 9.17) is 4.74 Å². The lowest BCUT2D eigenvalue weighted by atomic mass is 10.2. The molecule has 4 aromatic rings. The summed E-state index contributed by atoms with van der Waals surface area (Å²) in [6.45, 7) is 3.55. The lowest BCUT2D eigenvalue weighted by Gasteiger charge is -2.12. The van der Waals surface area contributed by atoms with E-state index in [0.29, 0.717) is 12.6 Å². The van der Waals surface area contributed by atoms with Gasteiger partial charge >= 0.3 is 0 Å². The normalized spacial score (nSPS) is 11.1. The molecule has 7 nitrogen and oxygen atoms in total. The number of anilines is 4. The number of aromatic nitrogens is 3. The number of aryl methyl sites for hydroxylation is 1. The molecule has 4 rings (SSSR count). The van der Waals surface area contributed by atoms with Gasteiger partial charge < -0.3 is 25.3 Å². The molecule has 2 aromatic heterocycles. The van der Waals surface area contributed by atoms with Crippen molar-refractivity contribution in [3.05, 3.63) is 66.5 Å². The summed E-state index contributed by atoms with van der Waals surface area (Å²) >= 11 is 0. The Labute approximate surface area is 176 Å². The number of hydrogen-bond acceptors (Lipinski definition) is 6. The molecule has 0 amide bonds. The average Bonchev–Trinajstić information content (AvgIpc) is 3.08. The topological polar surface area (TPSA) is 78.1 Å². The Morgan fingerprint density at radius 3 is 2.73 bits per heavy atom. The summed E-state index contributed by atoms with van der Waals surface area (Å²) in [5.41, 5.74) is 4.11. The number of fused-ring (bicyclic) bond motifs is 1. The zero-order valence-electron chi connectivity index (χ0n) is 17.4. The van der Waals surface area contributed by atoms with Crippen LogP contribution in [0.2, 0.25) is 0 Å². The Hall–Kier alpha value is -3.58. The predicted octanol–water partition coefficient (Wildman–Crippen LogP) is 4.69. The number of nitrogens with zero attached hydrogens (tertiary/aromatic N) is 3. The van der Waals surface area contributed by atoms with Gasteiger partial charge in [0.05, 0.1) is 0 Å². The van der Waals surface area contributed by atoms with E-state index in [0.717, 1.165) is 46.1 Å². The number of nitrogens with one attached hydrogen (secondary N) is 3. The molecule has 0 aliphatic heterocycles. The van der Waals surface area contributed by atoms with Crippen molar-refractivity contribution < 1.29 is 4.74 Å². The van der Waals surface area contributed by atoms with E-state index in [1.54, 1.807) is 6.20 Å². The highest BCUT2D eigenvalue weighted by Crippen LogP contribution is 2.24. The van der Waals surface area contributed by atoms with Crippen molar-refractivity contribution in [2.45, 2.75) is 6.92 Å². The van der Waals surface area contributed by atoms with Crippen molar-refractivity contribution in [2.75, 3.05) is 37.9 Å². The van der Waals surface area contributed by atoms with Crippen molar-refractivity contribution in [1.82, 2.24) is 19.9 Å². The summed E-state index contributed by atoms with van der Waals surface area (Å²) in [4.78, 5) is 14.3. The van der Waals surface area contributed by atoms with E-state index in [2.05, 4.69) is 55.6 Å². The quantitative estimate of drug-likeness (QED) is 0.397. The Kier molecular flexibility index (Phi) is 5.81. The molecule has 154 valence electrons. The highest BCUT2D eigenvalue weighted by atomic mass is 16.5. The van der Waals surface area contributed by atoms with Gasteiger partial charge in [0.15, 0.2) is 0 Å². The van der Waals surface area contributed by atoms with Gasteiger partial charge in [-0.05, 0) is 63.5 Å². The fourth-order valence-corrected chi connectivity index (χ4v) is 3.13. The van der Waals surface area contributed by atoms with Crippen LogP contribution in [0.25, 0.3) is 10.9 Å². The Morgan fingerprint density at radius 1 is 1.00 bits per heavy atom. The molecular formula is C23H26N6O. The summed E-state index contributed by atoms with van der Waals surface area (Å²) in [5.74, 6) is 2.05. The SMILES string of the molecule is Cc1cc2cc(Nc3ccnc(Nc4cccc(OCCN(C)C)c4)n3)ccc2[nH]1. The number of hydrogen-bond donors (Lipinski definition) is 3. The van der Waals surface area contributed by atoms with Gasteiger partial charge in [-0.2, -0.15) is 4.98 Å². The molecule has 7 heteroatoms. The van der Waals surface area contributed by atoms with Crippen LogP contribution in [-0.4, -0.2) is 47.1 Å². The van der Waals surface area contributed by atoms with Crippen LogP contribution in [0.3, 0.4) is 0 Å². The molecule has 2 aromatic carbocycles. The van der Waals surface area contributed by atoms with Crippen molar-refractivity contribution in [3.63, 3.8) is 0 Å². The fraction of sp³-hybridized carbons (Fsp3) is 0.217. The van der Waals surface area contributed by atoms with Crippen LogP contribution in [0.5, 0.6) is 5.75 Å². The second kappa shape index (κ2) is 8.84. The molecule has 0 fully saturated rings. The minimum atomic E-state index is 0.518. The minimum absolute atomic E-state index is 0.518. The van der Waals surface area contributed by atoms with Crippen LogP contribution in [0.4, 0.5) is 23.1 Å². The first-order valence-corrected chi connectivity index (χ1v) is 9.89. The first-order valence-electron chi connectivity index (χ1n) is 9.89. The van der Waals surface area contributed by atoms with Crippen LogP contribution in [0, 0.1) is 6.92 Å². The Balaban J connectivity index is 1.44. The molecule has 0 saturated heterocycles. The third kappa shape index (κ3) is 5.07. The van der Waals surface area contributed by atoms with Gasteiger partial charge in [0.1, 0.15) is 18.2 Å². The first kappa shape index (κ1) is 19.7. The van der Waals surface area contributed by atoms with Crippen molar-refractivity contribution >= 4 is 34.0 Å². The maximum atomic E-state index is 5.80. The monoisotopic (exact) mass is 402 g/mol. The van der Waals surface area contributed by atoms with Crippen molar-refractivity contribution in [2.24, 2.45) is 0 Å². The van der Waals surface area contributed by atoms with Gasteiger partial charge in [-0.1, -0.05) is 6.07 Å². The average molecular weight is 403 g/mol. The lowest BCUT2D eigenvalue weighted by Crippen LogP contribution is -2.19. The molecule has 0 radical (unpaired) electrons. The van der Waals surface area contributed by atoms with Gasteiger partial charge in [-0.25, -0.2) is 4.98 Å². The Bertz CT molecular complexity index is 1140. The van der Waals surface area contributed by atoms with Crippen molar-refractivity contribution in [1.29, 1.82) is 0 Å². The largest absolute Gasteiger partial charge is 0.492 e. The van der Waals surface area contributed by atoms with Gasteiger partial charge in [0.25, 0.3) is 0 Å². The van der Waals surface area contributed by atoms with Crippen LogP contribution in [0.15, 0.2) is 60.8 Å². The van der Waals surface area contributed by atoms with Gasteiger partial charge in [0, 0.05) is 46.8 Å². The van der Waals surface area contributed by atoms with Crippen LogP contribution < -0.4 is 15.4 Å². The molecule has 0 aliphatic rings. The molecule has 30 heavy (non-hydrogen) atoms. The van der Waals surface area contributed by atoms with E-state index in [1.165, 1.54) is 0 Å². The zero-order valence-corrected chi connectivity index (χ0v) is 17.4. The van der Waals surface area contributed by atoms with Crippen LogP contribution >= 0.6 is 0 Å². The number of likely N-dealkylation sites (N-methyl/N-ethyl adjacent to an activating group) is 1. The third-order valence-electron chi connectivity index (χ3n) is 4.58. The highest BCUT2D eigenvalue weighted by molar-refractivity contribution is 5.84. The van der Waals surface area contributed by atoms with E-state index < -0.39 is 0 Å². The second-order valence-corrected chi connectivity index (χ2v) is 7.45. The van der Waals surface area contributed by atoms with E-state index in [-0.39, 0.29) is 0 Å². The summed E-state index contributed by atoms with van der Waals surface area (Å²) in [5, 5.41) is 7.75. The fourth-order valence-electron chi connectivity index (χ4n) is 3.13. The number of rotatable bonds is 8. The maximum absolute atomic E-state index is 5.80. The first-order chi connectivity index (χ1) is 14.5. The van der Waals surface area contributed by atoms with Crippen molar-refractivity contribution in [3.8, 4) is 5.75 Å². The molecule has 0 aliphatic carbocycles. The number of H-pyrrole nitrogens is 1. The number of benzene rings is 2. The molecule has 2 heterocycles. The Morgan fingerprint density at radius 2 is 1.87 bits per heavy atom. The number of aromatic amines is 1. The highest BCUT2D eigenvalue weighted by Gasteiger charge is 2.04. The lowest BCUT2D eigenvalue weighted by molar-refractivity contribution is 0.261. The summed E-state index contributed by atoms with van der Waals surface area (Å²) in [6.07, 6.45) is 1.73. The predicted molar refractivity (Wildman–Crippen MR) is 122 cm³/mol. The summed E-state index contributed by atoms with van der Waals surface area (Å²) in [7, 11) is 4.05. The molecule has 0 unspecified atom stereocenters. The van der Waals surface area contributed by atoms with Crippen LogP contribution in [-0.2, 0) is 0 Å². The van der Waals surface area contributed by atoms with E-state index in [1.807, 2.05) is 50.5 Å². The third-order valence-corrected chi connectivity index (χ3v) is 4.58. The summed E-state index contributed by atoms with van der Waals surface area (Å²) < 4.78 is 5.80. The maximum Gasteiger partial charge on any atom is 0.229 e. The molecular weight excluding hydrogens is 376 g/mol. The van der Waals surface area contributed by atoms with E-state index >= 15 is 0 Å². The summed E-state index contributed by atoms with van der Waals surface area (Å²) in [6, 6.07) is 18.0. The molecule has 0 saturated carbocycles. The van der Waals surface area contributed by atoms with E-state index in [9.17, 15) is 0 Å². The zero-order chi connectivity index (χ0) is 20.9. The van der Waals surface area contributed by atoms with Crippen LogP contribution in [0.1, 0.15) is 5.69 Å². The standard InChI is InChI=1S/C23H26N6O/c1-16-13-17-14-19(7-8-21(17)25-16)26-22-9-10-24-23(28-22)27-18-5-4-6-20(15-18)30-12-11-29(2)3/h4-10,13-15,25H,11-12H2,1-3H3,(H2,24,26,27,28). The van der Waals surface area contributed by atoms with Gasteiger partial charge in [-0.3, -0.25) is 0 Å². The number of ether oxygens (including phenoxy) is 1. The van der Waals surface area contributed by atoms with Gasteiger partial charge in [0.2, 0.25) is 5.95 Å². The molecule has 0 atom stereocenters. The molecule has 0 spiro atoms. The molecule has 0 bridgehead atoms. The minimum Gasteiger partial charge on any atom is -0.492 e.